The van der Waals surface area contributed by atoms with Crippen molar-refractivity contribution in [1.29, 1.82) is 0 Å². The molecule has 0 aromatic heterocycles. The van der Waals surface area contributed by atoms with E-state index in [0.29, 0.717) is 21.3 Å². The maximum absolute atomic E-state index is 12.6. The molecule has 0 N–H and O–H groups in total. The second-order valence-electron chi connectivity index (χ2n) is 6.75. The summed E-state index contributed by atoms with van der Waals surface area (Å²) in [4.78, 5) is 20.0. The Bertz CT molecular complexity index is 1070. The Balaban J connectivity index is 1.76. The fraction of sp³-hybridized carbons (Fsp3) is 0.182. The van der Waals surface area contributed by atoms with Crippen molar-refractivity contribution < 1.29 is 9.63 Å². The van der Waals surface area contributed by atoms with Crippen molar-refractivity contribution in [2.75, 3.05) is 4.90 Å². The van der Waals surface area contributed by atoms with Gasteiger partial charge in [0.05, 0.1) is 27.4 Å². The maximum Gasteiger partial charge on any atom is 0.226 e. The summed E-state index contributed by atoms with van der Waals surface area (Å²) in [5.74, 6) is -0.352. The van der Waals surface area contributed by atoms with Crippen molar-refractivity contribution in [2.45, 2.75) is 20.1 Å². The second kappa shape index (κ2) is 7.46. The molecule has 0 spiro atoms. The summed E-state index contributed by atoms with van der Waals surface area (Å²) in [7, 11) is 0. The molecule has 142 valence electrons. The third kappa shape index (κ3) is 3.13. The number of halogens is 2. The molecular formula is C22H18Cl2N2O2. The van der Waals surface area contributed by atoms with Gasteiger partial charge in [0.25, 0.3) is 0 Å². The normalized spacial score (nSPS) is 18.6. The van der Waals surface area contributed by atoms with Gasteiger partial charge in [-0.25, -0.2) is 0 Å². The molecule has 0 saturated heterocycles. The molecule has 1 heterocycles. The van der Waals surface area contributed by atoms with Crippen molar-refractivity contribution in [3.8, 4) is 0 Å². The molecule has 1 aliphatic heterocycles. The summed E-state index contributed by atoms with van der Waals surface area (Å²) in [6.07, 6.45) is -0.592. The molecule has 4 rings (SSSR count). The minimum atomic E-state index is -0.592. The number of nitrogens with zero attached hydrogens (tertiary/aromatic N) is 2. The van der Waals surface area contributed by atoms with Crippen LogP contribution >= 0.6 is 23.2 Å². The lowest BCUT2D eigenvalue weighted by molar-refractivity contribution is -0.119. The van der Waals surface area contributed by atoms with Gasteiger partial charge in [-0.15, -0.1) is 0 Å². The molecule has 28 heavy (non-hydrogen) atoms. The molecule has 0 bridgehead atoms. The van der Waals surface area contributed by atoms with E-state index in [9.17, 15) is 4.79 Å². The van der Waals surface area contributed by atoms with Crippen LogP contribution in [0.15, 0.2) is 65.8 Å². The van der Waals surface area contributed by atoms with Crippen LogP contribution < -0.4 is 4.90 Å². The van der Waals surface area contributed by atoms with E-state index in [1.807, 2.05) is 49.4 Å². The predicted octanol–water partition coefficient (Wildman–Crippen LogP) is 5.90. The second-order valence-corrected chi connectivity index (χ2v) is 7.56. The molecule has 0 radical (unpaired) electrons. The first-order valence-corrected chi connectivity index (χ1v) is 9.70. The largest absolute Gasteiger partial charge is 0.369 e. The summed E-state index contributed by atoms with van der Waals surface area (Å²) in [5.41, 5.74) is 2.05. The molecule has 2 atom stereocenters. The van der Waals surface area contributed by atoms with E-state index in [4.69, 9.17) is 28.0 Å². The fourth-order valence-corrected chi connectivity index (χ4v) is 4.20. The molecule has 3 aromatic rings. The SMILES string of the molecule is CC(=O)N(c1cccc2ccccc12)[C@H]1ON=C(c2c(Cl)cccc2Cl)[C@H]1C. The number of rotatable bonds is 3. The van der Waals surface area contributed by atoms with Crippen LogP contribution in [0.3, 0.4) is 0 Å². The highest BCUT2D eigenvalue weighted by molar-refractivity contribution is 6.40. The number of hydrogen-bond acceptors (Lipinski definition) is 3. The van der Waals surface area contributed by atoms with Gasteiger partial charge in [0.15, 0.2) is 0 Å². The predicted molar refractivity (Wildman–Crippen MR) is 114 cm³/mol. The van der Waals surface area contributed by atoms with Crippen molar-refractivity contribution in [3.63, 3.8) is 0 Å². The minimum Gasteiger partial charge on any atom is -0.369 e. The Morgan fingerprint density at radius 2 is 1.64 bits per heavy atom. The zero-order valence-electron chi connectivity index (χ0n) is 15.4. The van der Waals surface area contributed by atoms with Crippen LogP contribution in [-0.4, -0.2) is 17.8 Å². The molecule has 4 nitrogen and oxygen atoms in total. The van der Waals surface area contributed by atoms with Crippen LogP contribution in [0.4, 0.5) is 5.69 Å². The highest BCUT2D eigenvalue weighted by Crippen LogP contribution is 2.36. The zero-order chi connectivity index (χ0) is 19.8. The third-order valence-electron chi connectivity index (χ3n) is 4.96. The lowest BCUT2D eigenvalue weighted by Gasteiger charge is -2.30. The van der Waals surface area contributed by atoms with Gasteiger partial charge in [-0.2, -0.15) is 0 Å². The van der Waals surface area contributed by atoms with Gasteiger partial charge in [0, 0.05) is 17.9 Å². The van der Waals surface area contributed by atoms with Crippen LogP contribution in [0.5, 0.6) is 0 Å². The summed E-state index contributed by atoms with van der Waals surface area (Å²) in [6, 6.07) is 19.1. The average Bonchev–Trinajstić information content (AvgIpc) is 3.03. The number of carbonyl (C=O) groups excluding carboxylic acids is 1. The standard InChI is InChI=1S/C22H18Cl2N2O2/c1-13-21(20-17(23)10-6-11-18(20)24)25-28-22(13)26(14(2)27)19-12-5-8-15-7-3-4-9-16(15)19/h3-13,22H,1-2H3/t13-,22+/m1/s1. The summed E-state index contributed by atoms with van der Waals surface area (Å²) in [5, 5.41) is 7.28. The van der Waals surface area contributed by atoms with Gasteiger partial charge in [0.1, 0.15) is 0 Å². The number of benzene rings is 3. The summed E-state index contributed by atoms with van der Waals surface area (Å²) in [6.45, 7) is 3.48. The van der Waals surface area contributed by atoms with Gasteiger partial charge in [-0.1, -0.05) is 77.7 Å². The zero-order valence-corrected chi connectivity index (χ0v) is 16.9. The van der Waals surface area contributed by atoms with Crippen LogP contribution in [0.1, 0.15) is 19.4 Å². The van der Waals surface area contributed by atoms with Crippen molar-refractivity contribution in [2.24, 2.45) is 11.1 Å². The Hall–Kier alpha value is -2.56. The highest BCUT2D eigenvalue weighted by Gasteiger charge is 2.39. The lowest BCUT2D eigenvalue weighted by atomic mass is 9.96. The fourth-order valence-electron chi connectivity index (χ4n) is 3.61. The van der Waals surface area contributed by atoms with Crippen LogP contribution in [-0.2, 0) is 9.63 Å². The molecule has 3 aromatic carbocycles. The van der Waals surface area contributed by atoms with Crippen molar-refractivity contribution in [1.82, 2.24) is 0 Å². The van der Waals surface area contributed by atoms with E-state index < -0.39 is 6.23 Å². The van der Waals surface area contributed by atoms with Gasteiger partial charge in [-0.3, -0.25) is 9.69 Å². The van der Waals surface area contributed by atoms with Crippen LogP contribution in [0.2, 0.25) is 10.0 Å². The van der Waals surface area contributed by atoms with E-state index in [2.05, 4.69) is 5.16 Å². The number of carbonyl (C=O) groups is 1. The van der Waals surface area contributed by atoms with Crippen molar-refractivity contribution >= 4 is 51.3 Å². The summed E-state index contributed by atoms with van der Waals surface area (Å²) >= 11 is 12.7. The monoisotopic (exact) mass is 412 g/mol. The molecule has 1 amide bonds. The minimum absolute atomic E-state index is 0.130. The number of anilines is 1. The summed E-state index contributed by atoms with van der Waals surface area (Å²) < 4.78 is 0. The Morgan fingerprint density at radius 1 is 1.00 bits per heavy atom. The van der Waals surface area contributed by atoms with E-state index in [0.717, 1.165) is 16.5 Å². The van der Waals surface area contributed by atoms with Gasteiger partial charge in [-0.05, 0) is 23.6 Å². The Labute approximate surface area is 173 Å². The van der Waals surface area contributed by atoms with Crippen LogP contribution in [0.25, 0.3) is 10.8 Å². The number of hydrogen-bond donors (Lipinski definition) is 0. The first-order valence-electron chi connectivity index (χ1n) is 8.94. The van der Waals surface area contributed by atoms with E-state index in [-0.39, 0.29) is 11.8 Å². The number of oxime groups is 1. The number of amides is 1. The van der Waals surface area contributed by atoms with Gasteiger partial charge >= 0.3 is 0 Å². The van der Waals surface area contributed by atoms with Gasteiger partial charge in [0.2, 0.25) is 12.1 Å². The van der Waals surface area contributed by atoms with Gasteiger partial charge < -0.3 is 4.84 Å². The molecular weight excluding hydrogens is 395 g/mol. The molecule has 0 unspecified atom stereocenters. The van der Waals surface area contributed by atoms with E-state index in [1.54, 1.807) is 23.1 Å². The van der Waals surface area contributed by atoms with E-state index >= 15 is 0 Å². The molecule has 1 aliphatic rings. The molecule has 0 aliphatic carbocycles. The Kier molecular flexibility index (Phi) is 5.00. The average molecular weight is 413 g/mol. The quantitative estimate of drug-likeness (QED) is 0.537. The van der Waals surface area contributed by atoms with Crippen LogP contribution in [0, 0.1) is 5.92 Å². The van der Waals surface area contributed by atoms with Crippen molar-refractivity contribution in [3.05, 3.63) is 76.3 Å². The molecule has 0 fully saturated rings. The third-order valence-corrected chi connectivity index (χ3v) is 5.59. The smallest absolute Gasteiger partial charge is 0.226 e. The topological polar surface area (TPSA) is 41.9 Å². The maximum atomic E-state index is 12.6. The number of fused-ring (bicyclic) bond motifs is 1. The highest BCUT2D eigenvalue weighted by atomic mass is 35.5. The molecule has 0 saturated carbocycles. The first-order chi connectivity index (χ1) is 13.5. The van der Waals surface area contributed by atoms with E-state index in [1.165, 1.54) is 6.92 Å². The lowest BCUT2D eigenvalue weighted by Crippen LogP contribution is -2.43. The Morgan fingerprint density at radius 3 is 2.36 bits per heavy atom. The first kappa shape index (κ1) is 18.8. The molecule has 6 heteroatoms.